The summed E-state index contributed by atoms with van der Waals surface area (Å²) in [4.78, 5) is 14.2. The van der Waals surface area contributed by atoms with Crippen LogP contribution in [0.25, 0.3) is 0 Å². The van der Waals surface area contributed by atoms with Gasteiger partial charge in [0, 0.05) is 30.1 Å². The molecular formula is C15H19ClN2O2. The fourth-order valence-electron chi connectivity index (χ4n) is 2.90. The Labute approximate surface area is 124 Å². The Balaban J connectivity index is 1.68. The first-order chi connectivity index (χ1) is 9.65. The monoisotopic (exact) mass is 294 g/mol. The zero-order valence-corrected chi connectivity index (χ0v) is 12.3. The fourth-order valence-corrected chi connectivity index (χ4v) is 3.07. The Morgan fingerprint density at radius 1 is 1.55 bits per heavy atom. The molecule has 0 bridgehead atoms. The van der Waals surface area contributed by atoms with E-state index in [1.165, 1.54) is 5.56 Å². The number of hydrogen-bond donors (Lipinski definition) is 1. The van der Waals surface area contributed by atoms with Crippen LogP contribution < -0.4 is 10.2 Å². The van der Waals surface area contributed by atoms with Crippen molar-refractivity contribution in [2.75, 3.05) is 24.7 Å². The minimum absolute atomic E-state index is 0.0367. The standard InChI is InChI=1S/C15H19ClN2O2/c1-10(12-5-7-20-9-12)17-15(19)18-6-4-11-2-3-13(16)8-14(11)18/h2-3,8,10,12H,4-7,9H2,1H3,(H,17,19)/t10-,12-/m0/s1. The van der Waals surface area contributed by atoms with Crippen LogP contribution in [0.3, 0.4) is 0 Å². The predicted molar refractivity (Wildman–Crippen MR) is 79.4 cm³/mol. The Bertz CT molecular complexity index is 515. The van der Waals surface area contributed by atoms with Crippen molar-refractivity contribution in [2.45, 2.75) is 25.8 Å². The smallest absolute Gasteiger partial charge is 0.322 e. The maximum Gasteiger partial charge on any atom is 0.322 e. The highest BCUT2D eigenvalue weighted by molar-refractivity contribution is 6.31. The van der Waals surface area contributed by atoms with Gasteiger partial charge in [-0.2, -0.15) is 0 Å². The summed E-state index contributed by atoms with van der Waals surface area (Å²) in [7, 11) is 0. The van der Waals surface area contributed by atoms with Gasteiger partial charge in [0.2, 0.25) is 0 Å². The third kappa shape index (κ3) is 2.63. The number of benzene rings is 1. The van der Waals surface area contributed by atoms with E-state index in [0.29, 0.717) is 10.9 Å². The van der Waals surface area contributed by atoms with Gasteiger partial charge in [-0.1, -0.05) is 17.7 Å². The molecule has 108 valence electrons. The zero-order chi connectivity index (χ0) is 14.1. The summed E-state index contributed by atoms with van der Waals surface area (Å²) >= 11 is 6.03. The molecule has 1 aromatic rings. The molecule has 1 saturated heterocycles. The summed E-state index contributed by atoms with van der Waals surface area (Å²) in [5, 5.41) is 3.76. The molecule has 0 unspecified atom stereocenters. The van der Waals surface area contributed by atoms with Crippen LogP contribution in [0.4, 0.5) is 10.5 Å². The van der Waals surface area contributed by atoms with Crippen molar-refractivity contribution in [1.82, 2.24) is 5.32 Å². The number of nitrogens with one attached hydrogen (secondary N) is 1. The topological polar surface area (TPSA) is 41.6 Å². The predicted octanol–water partition coefficient (Wildman–Crippen LogP) is 2.84. The van der Waals surface area contributed by atoms with Crippen molar-refractivity contribution in [3.8, 4) is 0 Å². The molecule has 2 amide bonds. The SMILES string of the molecule is C[C@H](NC(=O)N1CCc2ccc(Cl)cc21)[C@H]1CCOC1. The molecule has 0 spiro atoms. The molecular weight excluding hydrogens is 276 g/mol. The van der Waals surface area contributed by atoms with Gasteiger partial charge in [-0.05, 0) is 37.5 Å². The first kappa shape index (κ1) is 13.7. The molecule has 0 aliphatic carbocycles. The average molecular weight is 295 g/mol. The number of anilines is 1. The number of amides is 2. The Hall–Kier alpha value is -1.26. The van der Waals surface area contributed by atoms with Crippen LogP contribution in [0.1, 0.15) is 18.9 Å². The Morgan fingerprint density at radius 2 is 2.40 bits per heavy atom. The van der Waals surface area contributed by atoms with E-state index in [-0.39, 0.29) is 12.1 Å². The van der Waals surface area contributed by atoms with Gasteiger partial charge in [0.15, 0.2) is 0 Å². The Kier molecular flexibility index (Phi) is 3.85. The lowest BCUT2D eigenvalue weighted by atomic mass is 10.0. The molecule has 0 aromatic heterocycles. The molecule has 20 heavy (non-hydrogen) atoms. The van der Waals surface area contributed by atoms with Gasteiger partial charge in [0.1, 0.15) is 0 Å². The summed E-state index contributed by atoms with van der Waals surface area (Å²) in [5.74, 6) is 0.417. The molecule has 0 radical (unpaired) electrons. The minimum Gasteiger partial charge on any atom is -0.381 e. The molecule has 2 aliphatic rings. The molecule has 1 aromatic carbocycles. The molecule has 2 atom stereocenters. The van der Waals surface area contributed by atoms with Gasteiger partial charge in [0.05, 0.1) is 12.3 Å². The van der Waals surface area contributed by atoms with Crippen molar-refractivity contribution in [1.29, 1.82) is 0 Å². The molecule has 2 heterocycles. The van der Waals surface area contributed by atoms with Crippen LogP contribution in [0.15, 0.2) is 18.2 Å². The fraction of sp³-hybridized carbons (Fsp3) is 0.533. The largest absolute Gasteiger partial charge is 0.381 e. The summed E-state index contributed by atoms with van der Waals surface area (Å²) in [6.45, 7) is 4.30. The van der Waals surface area contributed by atoms with E-state index in [1.54, 1.807) is 4.90 Å². The normalized spacial score (nSPS) is 22.7. The number of carbonyl (C=O) groups is 1. The third-order valence-electron chi connectivity index (χ3n) is 4.21. The number of rotatable bonds is 2. The summed E-state index contributed by atoms with van der Waals surface area (Å²) in [6, 6.07) is 5.84. The second-order valence-corrected chi connectivity index (χ2v) is 5.97. The second-order valence-electron chi connectivity index (χ2n) is 5.54. The third-order valence-corrected chi connectivity index (χ3v) is 4.45. The number of halogens is 1. The van der Waals surface area contributed by atoms with Crippen LogP contribution >= 0.6 is 11.6 Å². The maximum absolute atomic E-state index is 12.4. The minimum atomic E-state index is -0.0367. The zero-order valence-electron chi connectivity index (χ0n) is 11.6. The van der Waals surface area contributed by atoms with E-state index in [4.69, 9.17) is 16.3 Å². The highest BCUT2D eigenvalue weighted by Crippen LogP contribution is 2.30. The first-order valence-electron chi connectivity index (χ1n) is 7.09. The van der Waals surface area contributed by atoms with E-state index in [1.807, 2.05) is 25.1 Å². The number of hydrogen-bond acceptors (Lipinski definition) is 2. The van der Waals surface area contributed by atoms with Crippen molar-refractivity contribution >= 4 is 23.3 Å². The summed E-state index contributed by atoms with van der Waals surface area (Å²) in [5.41, 5.74) is 2.12. The lowest BCUT2D eigenvalue weighted by Gasteiger charge is -2.24. The van der Waals surface area contributed by atoms with Crippen LogP contribution in [0.2, 0.25) is 5.02 Å². The lowest BCUT2D eigenvalue weighted by molar-refractivity contribution is 0.178. The Morgan fingerprint density at radius 3 is 3.15 bits per heavy atom. The molecule has 4 nitrogen and oxygen atoms in total. The average Bonchev–Trinajstić information content (AvgIpc) is 3.07. The summed E-state index contributed by atoms with van der Waals surface area (Å²) < 4.78 is 5.37. The molecule has 1 fully saturated rings. The van der Waals surface area contributed by atoms with Gasteiger partial charge < -0.3 is 10.1 Å². The van der Waals surface area contributed by atoms with Crippen molar-refractivity contribution in [2.24, 2.45) is 5.92 Å². The highest BCUT2D eigenvalue weighted by atomic mass is 35.5. The van der Waals surface area contributed by atoms with E-state index in [2.05, 4.69) is 5.32 Å². The van der Waals surface area contributed by atoms with Crippen LogP contribution in [0, 0.1) is 5.92 Å². The maximum atomic E-state index is 12.4. The van der Waals surface area contributed by atoms with E-state index in [9.17, 15) is 4.79 Å². The van der Waals surface area contributed by atoms with Crippen LogP contribution in [-0.2, 0) is 11.2 Å². The number of urea groups is 1. The quantitative estimate of drug-likeness (QED) is 0.911. The van der Waals surface area contributed by atoms with Crippen LogP contribution in [0.5, 0.6) is 0 Å². The van der Waals surface area contributed by atoms with Crippen molar-refractivity contribution in [3.05, 3.63) is 28.8 Å². The summed E-state index contributed by atoms with van der Waals surface area (Å²) in [6.07, 6.45) is 1.91. The highest BCUT2D eigenvalue weighted by Gasteiger charge is 2.28. The van der Waals surface area contributed by atoms with E-state index in [0.717, 1.165) is 38.3 Å². The van der Waals surface area contributed by atoms with Gasteiger partial charge in [-0.3, -0.25) is 4.90 Å². The van der Waals surface area contributed by atoms with E-state index < -0.39 is 0 Å². The molecule has 5 heteroatoms. The van der Waals surface area contributed by atoms with Gasteiger partial charge in [-0.25, -0.2) is 4.79 Å². The lowest BCUT2D eigenvalue weighted by Crippen LogP contribution is -2.46. The second kappa shape index (κ2) is 5.62. The molecule has 3 rings (SSSR count). The molecule has 2 aliphatic heterocycles. The molecule has 0 saturated carbocycles. The van der Waals surface area contributed by atoms with Crippen molar-refractivity contribution in [3.63, 3.8) is 0 Å². The number of nitrogens with zero attached hydrogens (tertiary/aromatic N) is 1. The molecule has 1 N–H and O–H groups in total. The van der Waals surface area contributed by atoms with Gasteiger partial charge in [0.25, 0.3) is 0 Å². The van der Waals surface area contributed by atoms with Gasteiger partial charge >= 0.3 is 6.03 Å². The van der Waals surface area contributed by atoms with Crippen molar-refractivity contribution < 1.29 is 9.53 Å². The van der Waals surface area contributed by atoms with E-state index >= 15 is 0 Å². The van der Waals surface area contributed by atoms with Crippen LogP contribution in [-0.4, -0.2) is 31.8 Å². The number of ether oxygens (including phenoxy) is 1. The number of carbonyl (C=O) groups excluding carboxylic acids is 1. The van der Waals surface area contributed by atoms with Gasteiger partial charge in [-0.15, -0.1) is 0 Å². The first-order valence-corrected chi connectivity index (χ1v) is 7.47. The number of fused-ring (bicyclic) bond motifs is 1.